The van der Waals surface area contributed by atoms with Gasteiger partial charge in [0.05, 0.1) is 25.6 Å². The van der Waals surface area contributed by atoms with E-state index in [2.05, 4.69) is 4.98 Å². The molecule has 2 aromatic carbocycles. The topological polar surface area (TPSA) is 99.2 Å². The first-order chi connectivity index (χ1) is 11.1. The second kappa shape index (κ2) is 6.01. The second-order valence-electron chi connectivity index (χ2n) is 4.57. The molecule has 0 amide bonds. The zero-order valence-corrected chi connectivity index (χ0v) is 12.4. The zero-order valence-electron chi connectivity index (χ0n) is 11.6. The Kier molecular flexibility index (Phi) is 3.90. The maximum absolute atomic E-state index is 11.1. The van der Waals surface area contributed by atoms with Gasteiger partial charge >= 0.3 is 0 Å². The summed E-state index contributed by atoms with van der Waals surface area (Å²) >= 11 is 1.17. The van der Waals surface area contributed by atoms with Crippen molar-refractivity contribution in [3.63, 3.8) is 0 Å². The Morgan fingerprint density at radius 2 is 1.57 bits per heavy atom. The van der Waals surface area contributed by atoms with Crippen LogP contribution in [0.2, 0.25) is 0 Å². The molecule has 0 aliphatic rings. The molecule has 3 aromatic rings. The Hall–Kier alpha value is -3.00. The van der Waals surface area contributed by atoms with Gasteiger partial charge in [-0.25, -0.2) is 0 Å². The summed E-state index contributed by atoms with van der Waals surface area (Å²) in [6.45, 7) is 0. The Morgan fingerprint density at radius 3 is 2.30 bits per heavy atom. The summed E-state index contributed by atoms with van der Waals surface area (Å²) in [5.74, 6) is 0. The molecule has 1 heterocycles. The number of para-hydroxylation sites is 1. The van der Waals surface area contributed by atoms with Crippen molar-refractivity contribution >= 4 is 34.0 Å². The molecule has 7 nitrogen and oxygen atoms in total. The average Bonchev–Trinajstić information content (AvgIpc) is 2.55. The van der Waals surface area contributed by atoms with Crippen LogP contribution in [-0.2, 0) is 0 Å². The fourth-order valence-electron chi connectivity index (χ4n) is 2.19. The van der Waals surface area contributed by atoms with Crippen molar-refractivity contribution in [3.05, 3.63) is 75.0 Å². The molecular weight excluding hydrogens is 318 g/mol. The van der Waals surface area contributed by atoms with Crippen molar-refractivity contribution in [1.82, 2.24) is 4.98 Å². The highest BCUT2D eigenvalue weighted by molar-refractivity contribution is 7.99. The molecule has 0 saturated carbocycles. The molecule has 3 rings (SSSR count). The molecule has 0 spiro atoms. The Balaban J connectivity index is 2.14. The van der Waals surface area contributed by atoms with Gasteiger partial charge in [0, 0.05) is 23.2 Å². The van der Waals surface area contributed by atoms with Crippen LogP contribution in [0.25, 0.3) is 10.9 Å². The highest BCUT2D eigenvalue weighted by atomic mass is 32.2. The molecule has 1 aromatic heterocycles. The third-order valence-corrected chi connectivity index (χ3v) is 4.30. The molecule has 0 aliphatic heterocycles. The van der Waals surface area contributed by atoms with E-state index in [1.54, 1.807) is 36.4 Å². The predicted octanol–water partition coefficient (Wildman–Crippen LogP) is 4.20. The van der Waals surface area contributed by atoms with Gasteiger partial charge in [0.15, 0.2) is 0 Å². The van der Waals surface area contributed by atoms with Gasteiger partial charge in [-0.2, -0.15) is 0 Å². The minimum atomic E-state index is -0.469. The standard InChI is InChI=1S/C15H9N3O4S/c19-17(20)11-7-8-14(15-10(11)4-3-9-16-15)23-13-6-2-1-5-12(13)18(21)22/h1-9H. The summed E-state index contributed by atoms with van der Waals surface area (Å²) in [6.07, 6.45) is 1.54. The predicted molar refractivity (Wildman–Crippen MR) is 85.6 cm³/mol. The lowest BCUT2D eigenvalue weighted by Gasteiger charge is -2.06. The molecule has 0 unspecified atom stereocenters. The molecule has 0 radical (unpaired) electrons. The molecule has 0 bridgehead atoms. The first-order valence-electron chi connectivity index (χ1n) is 6.51. The van der Waals surface area contributed by atoms with Crippen molar-refractivity contribution in [2.45, 2.75) is 9.79 Å². The van der Waals surface area contributed by atoms with E-state index < -0.39 is 9.85 Å². The number of non-ortho nitro benzene ring substituents is 1. The molecule has 23 heavy (non-hydrogen) atoms. The van der Waals surface area contributed by atoms with E-state index in [1.807, 2.05) is 0 Å². The Bertz CT molecular complexity index is 929. The van der Waals surface area contributed by atoms with E-state index in [-0.39, 0.29) is 11.4 Å². The largest absolute Gasteiger partial charge is 0.283 e. The number of pyridine rings is 1. The molecular formula is C15H9N3O4S. The number of fused-ring (bicyclic) bond motifs is 1. The van der Waals surface area contributed by atoms with Gasteiger partial charge in [-0.1, -0.05) is 23.9 Å². The number of nitro benzene ring substituents is 2. The highest BCUT2D eigenvalue weighted by Gasteiger charge is 2.18. The third-order valence-electron chi connectivity index (χ3n) is 3.19. The average molecular weight is 327 g/mol. The third kappa shape index (κ3) is 2.84. The van der Waals surface area contributed by atoms with Crippen LogP contribution < -0.4 is 0 Å². The molecule has 0 atom stereocenters. The van der Waals surface area contributed by atoms with Crippen LogP contribution in [0.1, 0.15) is 0 Å². The number of nitro groups is 2. The number of nitrogens with zero attached hydrogens (tertiary/aromatic N) is 3. The quantitative estimate of drug-likeness (QED) is 0.526. The monoisotopic (exact) mass is 327 g/mol. The second-order valence-corrected chi connectivity index (χ2v) is 5.65. The molecule has 8 heteroatoms. The van der Waals surface area contributed by atoms with Crippen LogP contribution in [-0.4, -0.2) is 14.8 Å². The van der Waals surface area contributed by atoms with Gasteiger partial charge in [0.25, 0.3) is 11.4 Å². The number of rotatable bonds is 4. The first kappa shape index (κ1) is 14.9. The van der Waals surface area contributed by atoms with Gasteiger partial charge < -0.3 is 0 Å². The first-order valence-corrected chi connectivity index (χ1v) is 7.33. The van der Waals surface area contributed by atoms with E-state index in [9.17, 15) is 20.2 Å². The lowest BCUT2D eigenvalue weighted by atomic mass is 10.2. The highest BCUT2D eigenvalue weighted by Crippen LogP contribution is 2.39. The Morgan fingerprint density at radius 1 is 0.826 bits per heavy atom. The lowest BCUT2D eigenvalue weighted by Crippen LogP contribution is -1.93. The SMILES string of the molecule is O=[N+]([O-])c1ccccc1Sc1ccc([N+](=O)[O-])c2cccnc12. The lowest BCUT2D eigenvalue weighted by molar-refractivity contribution is -0.387. The van der Waals surface area contributed by atoms with Gasteiger partial charge in [0.1, 0.15) is 0 Å². The fraction of sp³-hybridized carbons (Fsp3) is 0. The van der Waals surface area contributed by atoms with E-state index >= 15 is 0 Å². The van der Waals surface area contributed by atoms with Crippen LogP contribution in [0.15, 0.2) is 64.5 Å². The molecule has 0 fully saturated rings. The maximum Gasteiger partial charge on any atom is 0.283 e. The minimum Gasteiger partial charge on any atom is -0.258 e. The van der Waals surface area contributed by atoms with Gasteiger partial charge in [-0.3, -0.25) is 25.2 Å². The fourth-order valence-corrected chi connectivity index (χ4v) is 3.21. The Labute approximate surface area is 134 Å². The van der Waals surface area contributed by atoms with E-state index in [4.69, 9.17) is 0 Å². The summed E-state index contributed by atoms with van der Waals surface area (Å²) in [7, 11) is 0. The summed E-state index contributed by atoms with van der Waals surface area (Å²) in [6, 6.07) is 12.5. The maximum atomic E-state index is 11.1. The van der Waals surface area contributed by atoms with Gasteiger partial charge in [-0.05, 0) is 24.3 Å². The van der Waals surface area contributed by atoms with Crippen LogP contribution in [0, 0.1) is 20.2 Å². The summed E-state index contributed by atoms with van der Waals surface area (Å²) in [5, 5.41) is 22.6. The van der Waals surface area contributed by atoms with Crippen LogP contribution in [0.4, 0.5) is 11.4 Å². The van der Waals surface area contributed by atoms with E-state index in [0.29, 0.717) is 20.7 Å². The van der Waals surface area contributed by atoms with Crippen molar-refractivity contribution in [3.8, 4) is 0 Å². The minimum absolute atomic E-state index is 0.0140. The van der Waals surface area contributed by atoms with Crippen molar-refractivity contribution < 1.29 is 9.85 Å². The van der Waals surface area contributed by atoms with Crippen molar-refractivity contribution in [2.75, 3.05) is 0 Å². The normalized spacial score (nSPS) is 10.6. The van der Waals surface area contributed by atoms with E-state index in [1.165, 1.54) is 30.1 Å². The summed E-state index contributed by atoms with van der Waals surface area (Å²) in [4.78, 5) is 26.6. The van der Waals surface area contributed by atoms with Gasteiger partial charge in [-0.15, -0.1) is 0 Å². The molecule has 0 N–H and O–H groups in total. The summed E-state index contributed by atoms with van der Waals surface area (Å²) in [5.41, 5.74) is 0.393. The molecule has 0 saturated heterocycles. The van der Waals surface area contributed by atoms with Crippen LogP contribution in [0.5, 0.6) is 0 Å². The molecule has 0 aliphatic carbocycles. The summed E-state index contributed by atoms with van der Waals surface area (Å²) < 4.78 is 0. The number of aromatic nitrogens is 1. The number of benzene rings is 2. The smallest absolute Gasteiger partial charge is 0.258 e. The molecule has 114 valence electrons. The van der Waals surface area contributed by atoms with Gasteiger partial charge in [0.2, 0.25) is 0 Å². The van der Waals surface area contributed by atoms with Crippen molar-refractivity contribution in [2.24, 2.45) is 0 Å². The van der Waals surface area contributed by atoms with Crippen LogP contribution >= 0.6 is 11.8 Å². The zero-order chi connectivity index (χ0) is 16.4. The van der Waals surface area contributed by atoms with Crippen molar-refractivity contribution in [1.29, 1.82) is 0 Å². The van der Waals surface area contributed by atoms with E-state index in [0.717, 1.165) is 0 Å². The number of hydrogen-bond acceptors (Lipinski definition) is 6. The van der Waals surface area contributed by atoms with Crippen LogP contribution in [0.3, 0.4) is 0 Å². The number of hydrogen-bond donors (Lipinski definition) is 0.